The number of piperazine rings is 1. The van der Waals surface area contributed by atoms with Crippen LogP contribution in [-0.4, -0.2) is 49.2 Å². The molecule has 0 spiro atoms. The molecule has 1 aliphatic carbocycles. The third kappa shape index (κ3) is 4.74. The van der Waals surface area contributed by atoms with Crippen molar-refractivity contribution in [2.24, 2.45) is 0 Å². The number of hydrogen-bond acceptors (Lipinski definition) is 4. The van der Waals surface area contributed by atoms with Crippen molar-refractivity contribution in [2.75, 3.05) is 18.0 Å². The molecule has 0 aromatic heterocycles. The number of carbonyl (C=O) groups excluding carboxylic acids is 2. The summed E-state index contributed by atoms with van der Waals surface area (Å²) in [6, 6.07) is 13.8. The zero-order valence-electron chi connectivity index (χ0n) is 20.1. The summed E-state index contributed by atoms with van der Waals surface area (Å²) in [5.41, 5.74) is 1.16. The summed E-state index contributed by atoms with van der Waals surface area (Å²) < 4.78 is 28.0. The molecular weight excluding hydrogens is 450 g/mol. The lowest BCUT2D eigenvalue weighted by atomic mass is 9.91. The SMILES string of the molecule is Cc1cc(C)cc(N2C(=O)CN(S(=O)(=O)c3ccccc3)C[C@@]2(C)C(=O)NC2CCCCC2)c1. The van der Waals surface area contributed by atoms with Crippen molar-refractivity contribution >= 4 is 27.5 Å². The molecule has 1 aliphatic heterocycles. The Bertz CT molecular complexity index is 1160. The summed E-state index contributed by atoms with van der Waals surface area (Å²) in [4.78, 5) is 28.9. The molecule has 2 fully saturated rings. The fourth-order valence-corrected chi connectivity index (χ4v) is 6.65. The predicted octanol–water partition coefficient (Wildman–Crippen LogP) is 3.55. The average Bonchev–Trinajstić information content (AvgIpc) is 2.79. The number of rotatable bonds is 5. The van der Waals surface area contributed by atoms with Crippen molar-refractivity contribution in [1.82, 2.24) is 9.62 Å². The van der Waals surface area contributed by atoms with E-state index in [9.17, 15) is 18.0 Å². The third-order valence-electron chi connectivity index (χ3n) is 6.81. The topological polar surface area (TPSA) is 86.8 Å². The Kier molecular flexibility index (Phi) is 6.82. The van der Waals surface area contributed by atoms with Crippen LogP contribution in [-0.2, 0) is 19.6 Å². The Morgan fingerprint density at radius 1 is 1.00 bits per heavy atom. The molecule has 2 aliphatic rings. The number of carbonyl (C=O) groups is 2. The number of amides is 2. The maximum absolute atomic E-state index is 13.8. The quantitative estimate of drug-likeness (QED) is 0.705. The minimum Gasteiger partial charge on any atom is -0.351 e. The van der Waals surface area contributed by atoms with E-state index in [4.69, 9.17) is 0 Å². The first-order chi connectivity index (χ1) is 16.1. The van der Waals surface area contributed by atoms with E-state index in [0.717, 1.165) is 47.5 Å². The van der Waals surface area contributed by atoms with Gasteiger partial charge in [-0.3, -0.25) is 14.5 Å². The van der Waals surface area contributed by atoms with Crippen LogP contribution in [0, 0.1) is 13.8 Å². The predicted molar refractivity (Wildman–Crippen MR) is 132 cm³/mol. The third-order valence-corrected chi connectivity index (χ3v) is 8.62. The smallest absolute Gasteiger partial charge is 0.247 e. The van der Waals surface area contributed by atoms with Crippen LogP contribution in [0.4, 0.5) is 5.69 Å². The van der Waals surface area contributed by atoms with Crippen LogP contribution in [0.15, 0.2) is 53.4 Å². The summed E-state index contributed by atoms with van der Waals surface area (Å²) in [6.07, 6.45) is 5.04. The largest absolute Gasteiger partial charge is 0.351 e. The van der Waals surface area contributed by atoms with E-state index < -0.39 is 21.5 Å². The van der Waals surface area contributed by atoms with Gasteiger partial charge in [-0.1, -0.05) is 43.5 Å². The first-order valence-corrected chi connectivity index (χ1v) is 13.3. The van der Waals surface area contributed by atoms with Crippen LogP contribution in [0.1, 0.15) is 50.2 Å². The van der Waals surface area contributed by atoms with Gasteiger partial charge in [0.25, 0.3) is 0 Å². The first-order valence-electron chi connectivity index (χ1n) is 11.9. The zero-order valence-corrected chi connectivity index (χ0v) is 20.9. The number of sulfonamides is 1. The molecule has 2 aromatic carbocycles. The first kappa shape index (κ1) is 24.4. The van der Waals surface area contributed by atoms with Gasteiger partial charge in [-0.05, 0) is 69.0 Å². The van der Waals surface area contributed by atoms with Crippen molar-refractivity contribution in [3.63, 3.8) is 0 Å². The number of hydrogen-bond donors (Lipinski definition) is 1. The summed E-state index contributed by atoms with van der Waals surface area (Å²) in [7, 11) is -3.95. The molecular formula is C26H33N3O4S. The number of aryl methyl sites for hydroxylation is 2. The van der Waals surface area contributed by atoms with Crippen LogP contribution in [0.25, 0.3) is 0 Å². The molecule has 0 radical (unpaired) electrons. The highest BCUT2D eigenvalue weighted by atomic mass is 32.2. The number of nitrogens with one attached hydrogen (secondary N) is 1. The Labute approximate surface area is 202 Å². The van der Waals surface area contributed by atoms with Gasteiger partial charge in [0, 0.05) is 18.3 Å². The van der Waals surface area contributed by atoms with E-state index in [0.29, 0.717) is 5.69 Å². The summed E-state index contributed by atoms with van der Waals surface area (Å²) in [5, 5.41) is 3.14. The molecule has 0 bridgehead atoms. The minimum atomic E-state index is -3.95. The maximum Gasteiger partial charge on any atom is 0.247 e. The maximum atomic E-state index is 13.8. The number of nitrogens with zero attached hydrogens (tertiary/aromatic N) is 2. The van der Waals surface area contributed by atoms with Crippen molar-refractivity contribution < 1.29 is 18.0 Å². The summed E-state index contributed by atoms with van der Waals surface area (Å²) >= 11 is 0. The molecule has 1 saturated heterocycles. The van der Waals surface area contributed by atoms with Crippen LogP contribution in [0.5, 0.6) is 0 Å². The lowest BCUT2D eigenvalue weighted by molar-refractivity contribution is -0.133. The number of anilines is 1. The van der Waals surface area contributed by atoms with Crippen LogP contribution >= 0.6 is 0 Å². The van der Waals surface area contributed by atoms with E-state index in [1.54, 1.807) is 25.1 Å². The second-order valence-electron chi connectivity index (χ2n) is 9.74. The van der Waals surface area contributed by atoms with Crippen molar-refractivity contribution in [3.05, 3.63) is 59.7 Å². The van der Waals surface area contributed by atoms with Gasteiger partial charge in [0.15, 0.2) is 0 Å². The molecule has 2 aromatic rings. The summed E-state index contributed by atoms with van der Waals surface area (Å²) in [6.45, 7) is 5.11. The van der Waals surface area contributed by atoms with Gasteiger partial charge in [0.05, 0.1) is 11.4 Å². The monoisotopic (exact) mass is 483 g/mol. The summed E-state index contributed by atoms with van der Waals surface area (Å²) in [5.74, 6) is -0.739. The fourth-order valence-electron chi connectivity index (χ4n) is 5.15. The van der Waals surface area contributed by atoms with E-state index in [1.807, 2.05) is 32.0 Å². The zero-order chi connectivity index (χ0) is 24.5. The Hall–Kier alpha value is -2.71. The molecule has 1 saturated carbocycles. The van der Waals surface area contributed by atoms with Crippen molar-refractivity contribution in [3.8, 4) is 0 Å². The minimum absolute atomic E-state index is 0.0374. The second kappa shape index (κ2) is 9.50. The van der Waals surface area contributed by atoms with Gasteiger partial charge in [-0.25, -0.2) is 8.42 Å². The standard InChI is InChI=1S/C26H33N3O4S/c1-19-14-20(2)16-22(15-19)29-24(30)17-28(34(32,33)23-12-8-5-9-13-23)18-26(29,3)25(31)27-21-10-6-4-7-11-21/h5,8-9,12-16,21H,4,6-7,10-11,17-18H2,1-3H3,(H,27,31)/t26-/m0/s1. The highest BCUT2D eigenvalue weighted by Crippen LogP contribution is 2.33. The van der Waals surface area contributed by atoms with E-state index in [-0.39, 0.29) is 29.9 Å². The van der Waals surface area contributed by atoms with Crippen molar-refractivity contribution in [1.29, 1.82) is 0 Å². The number of benzene rings is 2. The molecule has 34 heavy (non-hydrogen) atoms. The van der Waals surface area contributed by atoms with Gasteiger partial charge in [0.1, 0.15) is 5.54 Å². The fraction of sp³-hybridized carbons (Fsp3) is 0.462. The molecule has 2 amide bonds. The van der Waals surface area contributed by atoms with Gasteiger partial charge in [0.2, 0.25) is 21.8 Å². The lowest BCUT2D eigenvalue weighted by Crippen LogP contribution is -2.70. The van der Waals surface area contributed by atoms with Crippen LogP contribution in [0.2, 0.25) is 0 Å². The van der Waals surface area contributed by atoms with Gasteiger partial charge in [-0.15, -0.1) is 0 Å². The average molecular weight is 484 g/mol. The highest BCUT2D eigenvalue weighted by molar-refractivity contribution is 7.89. The molecule has 182 valence electrons. The molecule has 7 nitrogen and oxygen atoms in total. The van der Waals surface area contributed by atoms with E-state index >= 15 is 0 Å². The molecule has 0 unspecified atom stereocenters. The molecule has 4 rings (SSSR count). The lowest BCUT2D eigenvalue weighted by Gasteiger charge is -2.47. The van der Waals surface area contributed by atoms with E-state index in [1.165, 1.54) is 17.0 Å². The van der Waals surface area contributed by atoms with Gasteiger partial charge in [-0.2, -0.15) is 4.31 Å². The van der Waals surface area contributed by atoms with Gasteiger partial charge >= 0.3 is 0 Å². The molecule has 1 heterocycles. The Balaban J connectivity index is 1.74. The Morgan fingerprint density at radius 2 is 1.62 bits per heavy atom. The second-order valence-corrected chi connectivity index (χ2v) is 11.7. The highest BCUT2D eigenvalue weighted by Gasteiger charge is 2.51. The molecule has 1 atom stereocenters. The van der Waals surface area contributed by atoms with Crippen LogP contribution < -0.4 is 10.2 Å². The normalized spacial score (nSPS) is 22.6. The molecule has 8 heteroatoms. The Morgan fingerprint density at radius 3 is 2.24 bits per heavy atom. The van der Waals surface area contributed by atoms with Crippen LogP contribution in [0.3, 0.4) is 0 Å². The van der Waals surface area contributed by atoms with Gasteiger partial charge < -0.3 is 5.32 Å². The van der Waals surface area contributed by atoms with E-state index in [2.05, 4.69) is 5.32 Å². The molecule has 1 N–H and O–H groups in total. The van der Waals surface area contributed by atoms with Crippen molar-refractivity contribution in [2.45, 2.75) is 69.4 Å².